The van der Waals surface area contributed by atoms with Gasteiger partial charge in [0.15, 0.2) is 11.5 Å². The lowest BCUT2D eigenvalue weighted by molar-refractivity contribution is 0.146. The van der Waals surface area contributed by atoms with Crippen molar-refractivity contribution in [3.63, 3.8) is 0 Å². The molecule has 1 aromatic carbocycles. The van der Waals surface area contributed by atoms with Crippen LogP contribution < -0.4 is 9.47 Å². The summed E-state index contributed by atoms with van der Waals surface area (Å²) < 4.78 is 26.2. The van der Waals surface area contributed by atoms with Crippen LogP contribution in [0.1, 0.15) is 37.3 Å². The molecule has 0 unspecified atom stereocenters. The molecule has 8 nitrogen and oxygen atoms in total. The van der Waals surface area contributed by atoms with Gasteiger partial charge in [-0.1, -0.05) is 0 Å². The Kier molecular flexibility index (Phi) is 5.77. The van der Waals surface area contributed by atoms with Crippen molar-refractivity contribution in [3.05, 3.63) is 24.2 Å². The summed E-state index contributed by atoms with van der Waals surface area (Å²) in [6, 6.07) is 3.76. The number of benzene rings is 1. The summed E-state index contributed by atoms with van der Waals surface area (Å²) in [5.74, 6) is 1.69. The highest BCUT2D eigenvalue weighted by Crippen LogP contribution is 2.42. The molecule has 142 valence electrons. The van der Waals surface area contributed by atoms with Crippen molar-refractivity contribution in [2.24, 2.45) is 5.92 Å². The first kappa shape index (κ1) is 19.0. The van der Waals surface area contributed by atoms with Crippen molar-refractivity contribution < 1.29 is 28.3 Å². The minimum atomic E-state index is -4.40. The third kappa shape index (κ3) is 4.32. The van der Waals surface area contributed by atoms with Gasteiger partial charge in [0.1, 0.15) is 6.33 Å². The first-order chi connectivity index (χ1) is 12.4. The topological polar surface area (TPSA) is 111 Å². The number of fused-ring (bicyclic) bond motifs is 1. The zero-order valence-corrected chi connectivity index (χ0v) is 15.7. The molecule has 1 saturated carbocycles. The molecular weight excluding hydrogens is 359 g/mol. The quantitative estimate of drug-likeness (QED) is 0.734. The van der Waals surface area contributed by atoms with E-state index in [9.17, 15) is 4.57 Å². The SMILES string of the molecule is COc1cc2ncnc(C3CCC(COP(=O)(O)O)CC3)c2cc1OC. The Morgan fingerprint density at radius 3 is 2.35 bits per heavy atom. The van der Waals surface area contributed by atoms with E-state index in [1.165, 1.54) is 0 Å². The second-order valence-electron chi connectivity index (χ2n) is 6.49. The molecule has 1 fully saturated rings. The van der Waals surface area contributed by atoms with E-state index in [0.717, 1.165) is 42.3 Å². The van der Waals surface area contributed by atoms with Gasteiger partial charge < -0.3 is 19.3 Å². The summed E-state index contributed by atoms with van der Waals surface area (Å²) in [5, 5.41) is 0.945. The summed E-state index contributed by atoms with van der Waals surface area (Å²) in [6.45, 7) is 0.0898. The highest BCUT2D eigenvalue weighted by atomic mass is 31.2. The van der Waals surface area contributed by atoms with Crippen LogP contribution in [0.2, 0.25) is 0 Å². The number of nitrogens with zero attached hydrogens (tertiary/aromatic N) is 2. The molecule has 1 aromatic heterocycles. The number of rotatable bonds is 6. The van der Waals surface area contributed by atoms with E-state index in [1.807, 2.05) is 12.1 Å². The Hall–Kier alpha value is -1.73. The maximum atomic E-state index is 10.9. The van der Waals surface area contributed by atoms with Gasteiger partial charge >= 0.3 is 7.82 Å². The number of aromatic nitrogens is 2. The molecule has 0 radical (unpaired) electrons. The highest BCUT2D eigenvalue weighted by molar-refractivity contribution is 7.46. The third-order valence-electron chi connectivity index (χ3n) is 4.88. The van der Waals surface area contributed by atoms with Crippen LogP contribution in [0, 0.1) is 5.92 Å². The van der Waals surface area contributed by atoms with Crippen LogP contribution in [0.3, 0.4) is 0 Å². The van der Waals surface area contributed by atoms with Crippen molar-refractivity contribution >= 4 is 18.7 Å². The van der Waals surface area contributed by atoms with Crippen LogP contribution in [0.4, 0.5) is 0 Å². The van der Waals surface area contributed by atoms with Crippen LogP contribution in [0.15, 0.2) is 18.5 Å². The molecule has 26 heavy (non-hydrogen) atoms. The molecule has 2 aromatic rings. The Morgan fingerprint density at radius 1 is 1.08 bits per heavy atom. The Bertz CT molecular complexity index is 816. The minimum absolute atomic E-state index is 0.0898. The molecule has 3 rings (SSSR count). The van der Waals surface area contributed by atoms with Gasteiger partial charge in [-0.25, -0.2) is 14.5 Å². The van der Waals surface area contributed by atoms with Gasteiger partial charge in [0, 0.05) is 17.4 Å². The summed E-state index contributed by atoms with van der Waals surface area (Å²) in [7, 11) is -1.21. The molecule has 0 saturated heterocycles. The molecular formula is C17H23N2O6P. The summed E-state index contributed by atoms with van der Waals surface area (Å²) in [4.78, 5) is 26.5. The smallest absolute Gasteiger partial charge is 0.469 e. The molecule has 2 N–H and O–H groups in total. The third-order valence-corrected chi connectivity index (χ3v) is 5.37. The average Bonchev–Trinajstić information content (AvgIpc) is 2.64. The average molecular weight is 382 g/mol. The number of phosphoric acid groups is 1. The zero-order chi connectivity index (χ0) is 18.7. The number of methoxy groups -OCH3 is 2. The largest absolute Gasteiger partial charge is 0.493 e. The van der Waals surface area contributed by atoms with Gasteiger partial charge in [0.2, 0.25) is 0 Å². The highest BCUT2D eigenvalue weighted by Gasteiger charge is 2.27. The van der Waals surface area contributed by atoms with E-state index in [1.54, 1.807) is 20.5 Å². The second-order valence-corrected chi connectivity index (χ2v) is 7.73. The minimum Gasteiger partial charge on any atom is -0.493 e. The molecule has 0 spiro atoms. The molecule has 0 aliphatic heterocycles. The maximum absolute atomic E-state index is 10.9. The summed E-state index contributed by atoms with van der Waals surface area (Å²) >= 11 is 0. The van der Waals surface area contributed by atoms with E-state index in [4.69, 9.17) is 19.3 Å². The van der Waals surface area contributed by atoms with Crippen molar-refractivity contribution in [3.8, 4) is 11.5 Å². The predicted octanol–water partition coefficient (Wildman–Crippen LogP) is 3.03. The molecule has 1 heterocycles. The van der Waals surface area contributed by atoms with Crippen LogP contribution >= 0.6 is 7.82 Å². The van der Waals surface area contributed by atoms with Gasteiger partial charge in [0.05, 0.1) is 32.0 Å². The Labute approximate surface area is 151 Å². The monoisotopic (exact) mass is 382 g/mol. The van der Waals surface area contributed by atoms with Crippen LogP contribution in [0.25, 0.3) is 10.9 Å². The number of phosphoric ester groups is 1. The molecule has 0 amide bonds. The van der Waals surface area contributed by atoms with Gasteiger partial charge in [-0.2, -0.15) is 0 Å². The lowest BCUT2D eigenvalue weighted by Gasteiger charge is -2.28. The second kappa shape index (κ2) is 7.88. The van der Waals surface area contributed by atoms with E-state index < -0.39 is 7.82 Å². The van der Waals surface area contributed by atoms with Crippen molar-refractivity contribution in [1.29, 1.82) is 0 Å². The molecule has 1 aliphatic rings. The number of hydrogen-bond donors (Lipinski definition) is 2. The molecule has 9 heteroatoms. The van der Waals surface area contributed by atoms with Gasteiger partial charge in [0.25, 0.3) is 0 Å². The van der Waals surface area contributed by atoms with E-state index >= 15 is 0 Å². The molecule has 0 bridgehead atoms. The van der Waals surface area contributed by atoms with Crippen LogP contribution in [-0.2, 0) is 9.09 Å². The normalized spacial score (nSPS) is 20.9. The van der Waals surface area contributed by atoms with Crippen molar-refractivity contribution in [1.82, 2.24) is 9.97 Å². The Balaban J connectivity index is 1.78. The van der Waals surface area contributed by atoms with E-state index in [-0.39, 0.29) is 18.4 Å². The van der Waals surface area contributed by atoms with Crippen LogP contribution in [-0.4, -0.2) is 40.6 Å². The first-order valence-electron chi connectivity index (χ1n) is 8.48. The first-order valence-corrected chi connectivity index (χ1v) is 10.0. The standard InChI is InChI=1S/C17H23N2O6P/c1-23-15-7-13-14(8-16(15)24-2)18-10-19-17(13)12-5-3-11(4-6-12)9-25-26(20,21)22/h7-8,10-12H,3-6,9H2,1-2H3,(H2,20,21,22). The van der Waals surface area contributed by atoms with Gasteiger partial charge in [-0.05, 0) is 37.7 Å². The fourth-order valence-electron chi connectivity index (χ4n) is 3.53. The predicted molar refractivity (Wildman–Crippen MR) is 95.3 cm³/mol. The molecule has 0 atom stereocenters. The van der Waals surface area contributed by atoms with Crippen molar-refractivity contribution in [2.45, 2.75) is 31.6 Å². The fraction of sp³-hybridized carbons (Fsp3) is 0.529. The van der Waals surface area contributed by atoms with E-state index in [0.29, 0.717) is 11.5 Å². The zero-order valence-electron chi connectivity index (χ0n) is 14.8. The lowest BCUT2D eigenvalue weighted by atomic mass is 9.80. The number of ether oxygens (including phenoxy) is 2. The fourth-order valence-corrected chi connectivity index (χ4v) is 3.94. The maximum Gasteiger partial charge on any atom is 0.469 e. The van der Waals surface area contributed by atoms with Gasteiger partial charge in [-0.15, -0.1) is 0 Å². The number of hydrogen-bond acceptors (Lipinski definition) is 6. The van der Waals surface area contributed by atoms with Crippen molar-refractivity contribution in [2.75, 3.05) is 20.8 Å². The lowest BCUT2D eigenvalue weighted by Crippen LogP contribution is -2.18. The van der Waals surface area contributed by atoms with Gasteiger partial charge in [-0.3, -0.25) is 4.52 Å². The Morgan fingerprint density at radius 2 is 1.73 bits per heavy atom. The van der Waals surface area contributed by atoms with Crippen LogP contribution in [0.5, 0.6) is 11.5 Å². The summed E-state index contributed by atoms with van der Waals surface area (Å²) in [5.41, 5.74) is 1.78. The summed E-state index contributed by atoms with van der Waals surface area (Å²) in [6.07, 6.45) is 5.00. The molecule has 1 aliphatic carbocycles. The van der Waals surface area contributed by atoms with E-state index in [2.05, 4.69) is 14.5 Å².